The zero-order valence-electron chi connectivity index (χ0n) is 15.1. The molecule has 1 aliphatic heterocycles. The molecule has 0 aromatic heterocycles. The van der Waals surface area contributed by atoms with Gasteiger partial charge in [0.1, 0.15) is 0 Å². The normalized spacial score (nSPS) is 13.3. The maximum atomic E-state index is 12.2. The van der Waals surface area contributed by atoms with Crippen molar-refractivity contribution in [3.63, 3.8) is 0 Å². The summed E-state index contributed by atoms with van der Waals surface area (Å²) in [5, 5.41) is 6.01. The first-order valence-corrected chi connectivity index (χ1v) is 8.75. The molecule has 1 aliphatic rings. The Morgan fingerprint density at radius 3 is 2.48 bits per heavy atom. The number of nitrogens with zero attached hydrogens (tertiary/aromatic N) is 1. The largest absolute Gasteiger partial charge is 0.357 e. The number of carbonyl (C=O) groups is 3. The van der Waals surface area contributed by atoms with Crippen molar-refractivity contribution in [3.8, 4) is 0 Å². The molecule has 3 amide bonds. The van der Waals surface area contributed by atoms with E-state index in [2.05, 4.69) is 10.6 Å². The summed E-state index contributed by atoms with van der Waals surface area (Å²) in [6, 6.07) is 17.1. The third kappa shape index (κ3) is 5.04. The minimum atomic E-state index is -0.324. The fourth-order valence-corrected chi connectivity index (χ4v) is 2.85. The Kier molecular flexibility index (Phi) is 5.66. The SMILES string of the molecule is CC(=O)N1CC(Nc2cccc(NC(=O)CCc3ccccc3)c2)=CC1=O. The zero-order valence-corrected chi connectivity index (χ0v) is 15.1. The number of imide groups is 1. The van der Waals surface area contributed by atoms with E-state index in [0.717, 1.165) is 16.2 Å². The molecule has 0 aliphatic carbocycles. The van der Waals surface area contributed by atoms with Crippen LogP contribution in [0.15, 0.2) is 66.4 Å². The number of anilines is 2. The van der Waals surface area contributed by atoms with Crippen LogP contribution in [0.1, 0.15) is 18.9 Å². The molecule has 0 saturated carbocycles. The molecule has 1 heterocycles. The van der Waals surface area contributed by atoms with Gasteiger partial charge in [-0.05, 0) is 30.2 Å². The van der Waals surface area contributed by atoms with E-state index in [1.54, 1.807) is 6.07 Å². The summed E-state index contributed by atoms with van der Waals surface area (Å²) in [4.78, 5) is 36.5. The molecule has 0 bridgehead atoms. The van der Waals surface area contributed by atoms with E-state index in [-0.39, 0.29) is 24.3 Å². The van der Waals surface area contributed by atoms with Gasteiger partial charge in [0.2, 0.25) is 11.8 Å². The van der Waals surface area contributed by atoms with E-state index in [1.807, 2.05) is 48.5 Å². The van der Waals surface area contributed by atoms with Gasteiger partial charge in [-0.25, -0.2) is 0 Å². The summed E-state index contributed by atoms with van der Waals surface area (Å²) in [6.45, 7) is 1.59. The Bertz CT molecular complexity index is 891. The molecule has 0 atom stereocenters. The van der Waals surface area contributed by atoms with Crippen LogP contribution in [0.4, 0.5) is 11.4 Å². The monoisotopic (exact) mass is 363 g/mol. The summed E-state index contributed by atoms with van der Waals surface area (Å²) in [7, 11) is 0. The van der Waals surface area contributed by atoms with Gasteiger partial charge in [-0.15, -0.1) is 0 Å². The van der Waals surface area contributed by atoms with Gasteiger partial charge in [0, 0.05) is 36.5 Å². The van der Waals surface area contributed by atoms with E-state index in [9.17, 15) is 14.4 Å². The van der Waals surface area contributed by atoms with Gasteiger partial charge >= 0.3 is 0 Å². The Labute approximate surface area is 157 Å². The lowest BCUT2D eigenvalue weighted by Crippen LogP contribution is -2.31. The van der Waals surface area contributed by atoms with E-state index < -0.39 is 0 Å². The highest BCUT2D eigenvalue weighted by Gasteiger charge is 2.24. The quantitative estimate of drug-likeness (QED) is 0.827. The lowest BCUT2D eigenvalue weighted by atomic mass is 10.1. The summed E-state index contributed by atoms with van der Waals surface area (Å²) >= 11 is 0. The first kappa shape index (κ1) is 18.4. The minimum absolute atomic E-state index is 0.0611. The molecular weight excluding hydrogens is 342 g/mol. The standard InChI is InChI=1S/C21H21N3O3/c1-15(25)24-14-19(13-21(24)27)22-17-8-5-9-18(12-17)23-20(26)11-10-16-6-3-2-4-7-16/h2-9,12-13,22H,10-11,14H2,1H3,(H,23,26). The number of carbonyl (C=O) groups excluding carboxylic acids is 3. The van der Waals surface area contributed by atoms with Crippen LogP contribution in [0, 0.1) is 0 Å². The smallest absolute Gasteiger partial charge is 0.255 e. The van der Waals surface area contributed by atoms with E-state index in [1.165, 1.54) is 13.0 Å². The number of nitrogens with one attached hydrogen (secondary N) is 2. The van der Waals surface area contributed by atoms with Crippen molar-refractivity contribution < 1.29 is 14.4 Å². The number of aryl methyl sites for hydroxylation is 1. The van der Waals surface area contributed by atoms with E-state index in [4.69, 9.17) is 0 Å². The Balaban J connectivity index is 1.56. The third-order valence-electron chi connectivity index (χ3n) is 4.21. The molecular formula is C21H21N3O3. The average molecular weight is 363 g/mol. The fourth-order valence-electron chi connectivity index (χ4n) is 2.85. The van der Waals surface area contributed by atoms with E-state index in [0.29, 0.717) is 24.2 Å². The van der Waals surface area contributed by atoms with Crippen LogP contribution in [0.2, 0.25) is 0 Å². The Morgan fingerprint density at radius 2 is 1.78 bits per heavy atom. The number of rotatable bonds is 6. The highest BCUT2D eigenvalue weighted by atomic mass is 16.2. The molecule has 6 nitrogen and oxygen atoms in total. The second-order valence-corrected chi connectivity index (χ2v) is 6.35. The topological polar surface area (TPSA) is 78.5 Å². The van der Waals surface area contributed by atoms with Crippen molar-refractivity contribution in [2.45, 2.75) is 19.8 Å². The molecule has 0 radical (unpaired) electrons. The predicted molar refractivity (Wildman–Crippen MR) is 104 cm³/mol. The second kappa shape index (κ2) is 8.31. The van der Waals surface area contributed by atoms with Gasteiger partial charge < -0.3 is 10.6 Å². The van der Waals surface area contributed by atoms with Crippen molar-refractivity contribution in [1.82, 2.24) is 4.90 Å². The molecule has 2 aromatic rings. The summed E-state index contributed by atoms with van der Waals surface area (Å²) in [6.07, 6.45) is 2.49. The molecule has 3 rings (SSSR count). The van der Waals surface area contributed by atoms with Crippen LogP contribution in [0.5, 0.6) is 0 Å². The molecule has 6 heteroatoms. The molecule has 138 valence electrons. The molecule has 0 unspecified atom stereocenters. The first-order valence-electron chi connectivity index (χ1n) is 8.75. The molecule has 0 spiro atoms. The average Bonchev–Trinajstić information content (AvgIpc) is 3.01. The van der Waals surface area contributed by atoms with Crippen LogP contribution >= 0.6 is 0 Å². The molecule has 0 fully saturated rings. The highest BCUT2D eigenvalue weighted by molar-refractivity contribution is 6.03. The zero-order chi connectivity index (χ0) is 19.2. The molecule has 27 heavy (non-hydrogen) atoms. The number of amides is 3. The Morgan fingerprint density at radius 1 is 1.04 bits per heavy atom. The lowest BCUT2D eigenvalue weighted by molar-refractivity contribution is -0.138. The number of hydrogen-bond donors (Lipinski definition) is 2. The van der Waals surface area contributed by atoms with Crippen molar-refractivity contribution in [2.24, 2.45) is 0 Å². The third-order valence-corrected chi connectivity index (χ3v) is 4.21. The van der Waals surface area contributed by atoms with Crippen molar-refractivity contribution in [2.75, 3.05) is 17.2 Å². The fraction of sp³-hybridized carbons (Fsp3) is 0.190. The van der Waals surface area contributed by atoms with Gasteiger partial charge in [-0.3, -0.25) is 19.3 Å². The van der Waals surface area contributed by atoms with Gasteiger partial charge in [0.15, 0.2) is 0 Å². The van der Waals surface area contributed by atoms with Crippen LogP contribution in [0.25, 0.3) is 0 Å². The lowest BCUT2D eigenvalue weighted by Gasteiger charge is -2.13. The van der Waals surface area contributed by atoms with Crippen LogP contribution < -0.4 is 10.6 Å². The van der Waals surface area contributed by atoms with Gasteiger partial charge in [0.05, 0.1) is 6.54 Å². The highest BCUT2D eigenvalue weighted by Crippen LogP contribution is 2.20. The number of hydrogen-bond acceptors (Lipinski definition) is 4. The predicted octanol–water partition coefficient (Wildman–Crippen LogP) is 2.94. The molecule has 2 N–H and O–H groups in total. The first-order chi connectivity index (χ1) is 13.0. The van der Waals surface area contributed by atoms with E-state index >= 15 is 0 Å². The number of benzene rings is 2. The Hall–Kier alpha value is -3.41. The van der Waals surface area contributed by atoms with Crippen LogP contribution in [0.3, 0.4) is 0 Å². The molecule has 0 saturated heterocycles. The van der Waals surface area contributed by atoms with Crippen molar-refractivity contribution in [3.05, 3.63) is 71.9 Å². The van der Waals surface area contributed by atoms with Gasteiger partial charge in [-0.2, -0.15) is 0 Å². The van der Waals surface area contributed by atoms with Crippen molar-refractivity contribution >= 4 is 29.1 Å². The second-order valence-electron chi connectivity index (χ2n) is 6.35. The summed E-state index contributed by atoms with van der Waals surface area (Å²) < 4.78 is 0. The van der Waals surface area contributed by atoms with Crippen molar-refractivity contribution in [1.29, 1.82) is 0 Å². The van der Waals surface area contributed by atoms with Gasteiger partial charge in [-0.1, -0.05) is 36.4 Å². The minimum Gasteiger partial charge on any atom is -0.357 e. The summed E-state index contributed by atoms with van der Waals surface area (Å²) in [5.74, 6) is -0.670. The maximum Gasteiger partial charge on any atom is 0.255 e. The summed E-state index contributed by atoms with van der Waals surface area (Å²) in [5.41, 5.74) is 3.17. The van der Waals surface area contributed by atoms with Crippen LogP contribution in [-0.2, 0) is 20.8 Å². The maximum absolute atomic E-state index is 12.2. The van der Waals surface area contributed by atoms with Gasteiger partial charge in [0.25, 0.3) is 5.91 Å². The molecule has 2 aromatic carbocycles. The van der Waals surface area contributed by atoms with Crippen LogP contribution in [-0.4, -0.2) is 29.2 Å².